The Kier molecular flexibility index (Phi) is 3.74. The maximum Gasteiger partial charge on any atom is 0.283 e. The Bertz CT molecular complexity index is 725. The highest BCUT2D eigenvalue weighted by atomic mass is 32.1. The van der Waals surface area contributed by atoms with Crippen LogP contribution < -0.4 is 0 Å². The predicted octanol–water partition coefficient (Wildman–Crippen LogP) is 2.47. The molecule has 3 aromatic rings. The van der Waals surface area contributed by atoms with Crippen LogP contribution in [0.2, 0.25) is 0 Å². The summed E-state index contributed by atoms with van der Waals surface area (Å²) in [7, 11) is 1.68. The van der Waals surface area contributed by atoms with E-state index in [1.54, 1.807) is 7.05 Å². The lowest BCUT2D eigenvalue weighted by Gasteiger charge is -2.12. The standard InChI is InChI=1S/C14H12N4O2S/c1-18(7-12-15-9-20-17-12)14(19)13-16-11(8-21-13)10-5-3-2-4-6-10/h2-6,8-9H,7H2,1H3. The first kappa shape index (κ1) is 13.4. The average Bonchev–Trinajstić information content (AvgIpc) is 3.18. The second-order valence-corrected chi connectivity index (χ2v) is 5.27. The predicted molar refractivity (Wildman–Crippen MR) is 77.6 cm³/mol. The van der Waals surface area contributed by atoms with Crippen molar-refractivity contribution in [2.45, 2.75) is 6.54 Å². The van der Waals surface area contributed by atoms with Crippen molar-refractivity contribution < 1.29 is 9.32 Å². The van der Waals surface area contributed by atoms with Gasteiger partial charge in [-0.05, 0) is 0 Å². The second-order valence-electron chi connectivity index (χ2n) is 4.41. The van der Waals surface area contributed by atoms with Gasteiger partial charge in [-0.25, -0.2) is 4.98 Å². The van der Waals surface area contributed by atoms with Crippen LogP contribution in [-0.2, 0) is 6.54 Å². The van der Waals surface area contributed by atoms with Crippen molar-refractivity contribution in [1.82, 2.24) is 20.0 Å². The molecule has 0 saturated carbocycles. The topological polar surface area (TPSA) is 72.1 Å². The van der Waals surface area contributed by atoms with Crippen LogP contribution in [-0.4, -0.2) is 33.0 Å². The average molecular weight is 300 g/mol. The molecule has 0 aliphatic rings. The molecule has 0 spiro atoms. The minimum atomic E-state index is -0.160. The fraction of sp³-hybridized carbons (Fsp3) is 0.143. The van der Waals surface area contributed by atoms with Gasteiger partial charge < -0.3 is 9.42 Å². The van der Waals surface area contributed by atoms with Crippen molar-refractivity contribution in [3.8, 4) is 11.3 Å². The van der Waals surface area contributed by atoms with E-state index >= 15 is 0 Å². The third-order valence-electron chi connectivity index (χ3n) is 2.89. The van der Waals surface area contributed by atoms with Crippen LogP contribution in [0.3, 0.4) is 0 Å². The number of carbonyl (C=O) groups excluding carboxylic acids is 1. The van der Waals surface area contributed by atoms with Gasteiger partial charge in [0, 0.05) is 18.0 Å². The third-order valence-corrected chi connectivity index (χ3v) is 3.72. The Morgan fingerprint density at radius 2 is 2.14 bits per heavy atom. The number of nitrogens with zero attached hydrogens (tertiary/aromatic N) is 4. The number of benzene rings is 1. The molecule has 2 heterocycles. The summed E-state index contributed by atoms with van der Waals surface area (Å²) in [5.74, 6) is 0.303. The summed E-state index contributed by atoms with van der Waals surface area (Å²) in [6.07, 6.45) is 1.24. The van der Waals surface area contributed by atoms with E-state index in [-0.39, 0.29) is 12.5 Å². The molecule has 0 radical (unpaired) electrons. The van der Waals surface area contributed by atoms with Crippen LogP contribution >= 0.6 is 11.3 Å². The number of carbonyl (C=O) groups is 1. The molecule has 106 valence electrons. The first-order chi connectivity index (χ1) is 10.2. The Morgan fingerprint density at radius 3 is 2.86 bits per heavy atom. The lowest BCUT2D eigenvalue weighted by Crippen LogP contribution is -2.26. The highest BCUT2D eigenvalue weighted by molar-refractivity contribution is 7.12. The molecule has 0 saturated heterocycles. The van der Waals surface area contributed by atoms with Crippen molar-refractivity contribution in [3.63, 3.8) is 0 Å². The molecule has 0 aliphatic carbocycles. The van der Waals surface area contributed by atoms with Gasteiger partial charge in [0.1, 0.15) is 0 Å². The first-order valence-electron chi connectivity index (χ1n) is 6.25. The van der Waals surface area contributed by atoms with E-state index in [9.17, 15) is 4.79 Å². The van der Waals surface area contributed by atoms with Gasteiger partial charge in [-0.1, -0.05) is 35.5 Å². The van der Waals surface area contributed by atoms with E-state index in [1.165, 1.54) is 22.6 Å². The molecule has 21 heavy (non-hydrogen) atoms. The van der Waals surface area contributed by atoms with Crippen LogP contribution in [0, 0.1) is 0 Å². The smallest absolute Gasteiger partial charge is 0.283 e. The van der Waals surface area contributed by atoms with E-state index < -0.39 is 0 Å². The molecular weight excluding hydrogens is 288 g/mol. The van der Waals surface area contributed by atoms with Crippen LogP contribution in [0.25, 0.3) is 11.3 Å². The van der Waals surface area contributed by atoms with E-state index in [0.717, 1.165) is 11.3 Å². The van der Waals surface area contributed by atoms with E-state index in [4.69, 9.17) is 0 Å². The fourth-order valence-electron chi connectivity index (χ4n) is 1.82. The van der Waals surface area contributed by atoms with Gasteiger partial charge in [0.2, 0.25) is 6.39 Å². The van der Waals surface area contributed by atoms with E-state index in [2.05, 4.69) is 19.6 Å². The Balaban J connectivity index is 1.75. The molecule has 0 N–H and O–H groups in total. The number of amides is 1. The van der Waals surface area contributed by atoms with Crippen molar-refractivity contribution >= 4 is 17.2 Å². The van der Waals surface area contributed by atoms with Crippen LogP contribution in [0.4, 0.5) is 0 Å². The minimum Gasteiger partial charge on any atom is -0.343 e. The Morgan fingerprint density at radius 1 is 1.33 bits per heavy atom. The van der Waals surface area contributed by atoms with Gasteiger partial charge in [-0.15, -0.1) is 11.3 Å². The van der Waals surface area contributed by atoms with E-state index in [1.807, 2.05) is 35.7 Å². The van der Waals surface area contributed by atoms with Crippen LogP contribution in [0.5, 0.6) is 0 Å². The summed E-state index contributed by atoms with van der Waals surface area (Å²) in [6, 6.07) is 9.76. The summed E-state index contributed by atoms with van der Waals surface area (Å²) >= 11 is 1.33. The minimum absolute atomic E-state index is 0.160. The number of thiazole rings is 1. The maximum atomic E-state index is 12.3. The molecular formula is C14H12N4O2S. The number of hydrogen-bond donors (Lipinski definition) is 0. The maximum absolute atomic E-state index is 12.3. The zero-order valence-corrected chi connectivity index (χ0v) is 12.1. The Hall–Kier alpha value is -2.54. The Labute approximate surface area is 125 Å². The van der Waals surface area contributed by atoms with Gasteiger partial charge in [0.25, 0.3) is 5.91 Å². The first-order valence-corrected chi connectivity index (χ1v) is 7.13. The van der Waals surface area contributed by atoms with Crippen LogP contribution in [0.1, 0.15) is 15.6 Å². The zero-order chi connectivity index (χ0) is 14.7. The van der Waals surface area contributed by atoms with Crippen molar-refractivity contribution in [1.29, 1.82) is 0 Å². The summed E-state index contributed by atoms with van der Waals surface area (Å²) in [5, 5.41) is 6.01. The van der Waals surface area contributed by atoms with Gasteiger partial charge in [-0.3, -0.25) is 4.79 Å². The van der Waals surface area contributed by atoms with Gasteiger partial charge in [0.05, 0.1) is 12.2 Å². The lowest BCUT2D eigenvalue weighted by molar-refractivity contribution is 0.0780. The molecule has 0 unspecified atom stereocenters. The SMILES string of the molecule is CN(Cc1ncon1)C(=O)c1nc(-c2ccccc2)cs1. The zero-order valence-electron chi connectivity index (χ0n) is 11.3. The van der Waals surface area contributed by atoms with Crippen molar-refractivity contribution in [3.05, 3.63) is 52.9 Å². The molecule has 3 rings (SSSR count). The molecule has 0 aliphatic heterocycles. The second kappa shape index (κ2) is 5.84. The number of hydrogen-bond acceptors (Lipinski definition) is 6. The molecule has 7 heteroatoms. The molecule has 6 nitrogen and oxygen atoms in total. The molecule has 0 bridgehead atoms. The number of rotatable bonds is 4. The van der Waals surface area contributed by atoms with Gasteiger partial charge >= 0.3 is 0 Å². The van der Waals surface area contributed by atoms with Crippen LogP contribution in [0.15, 0.2) is 46.6 Å². The third kappa shape index (κ3) is 2.97. The highest BCUT2D eigenvalue weighted by Gasteiger charge is 2.18. The lowest BCUT2D eigenvalue weighted by atomic mass is 10.2. The molecule has 2 aromatic heterocycles. The normalized spacial score (nSPS) is 10.5. The molecule has 1 aromatic carbocycles. The summed E-state index contributed by atoms with van der Waals surface area (Å²) in [6.45, 7) is 0.287. The monoisotopic (exact) mass is 300 g/mol. The highest BCUT2D eigenvalue weighted by Crippen LogP contribution is 2.22. The van der Waals surface area contributed by atoms with Gasteiger partial charge in [0.15, 0.2) is 10.8 Å². The van der Waals surface area contributed by atoms with Crippen molar-refractivity contribution in [2.24, 2.45) is 0 Å². The number of aromatic nitrogens is 3. The van der Waals surface area contributed by atoms with E-state index in [0.29, 0.717) is 10.8 Å². The van der Waals surface area contributed by atoms with Crippen molar-refractivity contribution in [2.75, 3.05) is 7.05 Å². The quantitative estimate of drug-likeness (QED) is 0.740. The molecule has 1 amide bonds. The summed E-state index contributed by atoms with van der Waals surface area (Å²) in [5.41, 5.74) is 1.80. The molecule has 0 fully saturated rings. The molecule has 0 atom stereocenters. The summed E-state index contributed by atoms with van der Waals surface area (Å²) < 4.78 is 4.65. The largest absolute Gasteiger partial charge is 0.343 e. The fourth-order valence-corrected chi connectivity index (χ4v) is 2.64. The summed E-state index contributed by atoms with van der Waals surface area (Å²) in [4.78, 5) is 22.1. The van der Waals surface area contributed by atoms with Gasteiger partial charge in [-0.2, -0.15) is 4.98 Å².